The molecule has 0 saturated heterocycles. The van der Waals surface area contributed by atoms with Gasteiger partial charge in [0.1, 0.15) is 5.78 Å². The molecule has 0 unspecified atom stereocenters. The molecule has 1 aliphatic rings. The van der Waals surface area contributed by atoms with Crippen molar-refractivity contribution in [3.05, 3.63) is 12.2 Å². The summed E-state index contributed by atoms with van der Waals surface area (Å²) in [6.07, 6.45) is 8.69. The third-order valence-corrected chi connectivity index (χ3v) is 4.62. The van der Waals surface area contributed by atoms with Gasteiger partial charge < -0.3 is 15.3 Å². The highest BCUT2D eigenvalue weighted by atomic mass is 16.4. The van der Waals surface area contributed by atoms with Crippen molar-refractivity contribution in [2.75, 3.05) is 0 Å². The lowest BCUT2D eigenvalue weighted by Crippen LogP contribution is -2.19. The maximum Gasteiger partial charge on any atom is 0.303 e. The van der Waals surface area contributed by atoms with E-state index in [1.165, 1.54) is 0 Å². The van der Waals surface area contributed by atoms with Gasteiger partial charge in [0, 0.05) is 18.8 Å². The minimum atomic E-state index is -0.749. The van der Waals surface area contributed by atoms with Gasteiger partial charge in [-0.2, -0.15) is 0 Å². The Bertz CT molecular complexity index is 404. The number of carbonyl (C=O) groups is 2. The first-order valence-electron chi connectivity index (χ1n) is 8.74. The zero-order chi connectivity index (χ0) is 17.2. The fraction of sp³-hybridized carbons (Fsp3) is 0.778. The largest absolute Gasteiger partial charge is 0.481 e. The zero-order valence-electron chi connectivity index (χ0n) is 14.0. The van der Waals surface area contributed by atoms with Gasteiger partial charge >= 0.3 is 5.97 Å². The predicted molar refractivity (Wildman–Crippen MR) is 88.0 cm³/mol. The molecule has 132 valence electrons. The Morgan fingerprint density at radius 1 is 1.26 bits per heavy atom. The number of ketones is 1. The molecule has 0 spiro atoms. The first kappa shape index (κ1) is 19.8. The van der Waals surface area contributed by atoms with Crippen LogP contribution in [0.2, 0.25) is 0 Å². The molecule has 1 fully saturated rings. The van der Waals surface area contributed by atoms with E-state index in [0.29, 0.717) is 12.8 Å². The third kappa shape index (κ3) is 7.27. The summed E-state index contributed by atoms with van der Waals surface area (Å²) in [6, 6.07) is 0. The van der Waals surface area contributed by atoms with Crippen molar-refractivity contribution < 1.29 is 24.9 Å². The highest BCUT2D eigenvalue weighted by Crippen LogP contribution is 2.34. The molecule has 4 atom stereocenters. The fourth-order valence-corrected chi connectivity index (χ4v) is 3.16. The van der Waals surface area contributed by atoms with Gasteiger partial charge in [0.15, 0.2) is 0 Å². The van der Waals surface area contributed by atoms with Crippen LogP contribution in [0.25, 0.3) is 0 Å². The Kier molecular flexibility index (Phi) is 9.10. The van der Waals surface area contributed by atoms with Gasteiger partial charge in [0.2, 0.25) is 0 Å². The van der Waals surface area contributed by atoms with Gasteiger partial charge in [-0.3, -0.25) is 9.59 Å². The van der Waals surface area contributed by atoms with E-state index in [4.69, 9.17) is 5.11 Å². The van der Waals surface area contributed by atoms with Crippen molar-refractivity contribution in [2.45, 2.75) is 76.9 Å². The molecule has 0 bridgehead atoms. The lowest BCUT2D eigenvalue weighted by Gasteiger charge is -2.18. The Morgan fingerprint density at radius 2 is 1.91 bits per heavy atom. The number of aliphatic hydroxyl groups excluding tert-OH is 2. The molecule has 23 heavy (non-hydrogen) atoms. The summed E-state index contributed by atoms with van der Waals surface area (Å²) in [5.74, 6) is -1.02. The number of hydrogen-bond donors (Lipinski definition) is 3. The van der Waals surface area contributed by atoms with E-state index in [2.05, 4.69) is 0 Å². The van der Waals surface area contributed by atoms with Crippen LogP contribution in [-0.4, -0.2) is 39.3 Å². The van der Waals surface area contributed by atoms with Crippen LogP contribution in [0.3, 0.4) is 0 Å². The second kappa shape index (κ2) is 10.6. The lowest BCUT2D eigenvalue weighted by molar-refractivity contribution is -0.137. The first-order chi connectivity index (χ1) is 11.0. The van der Waals surface area contributed by atoms with Gasteiger partial charge in [-0.15, -0.1) is 0 Å². The molecule has 3 N–H and O–H groups in total. The third-order valence-electron chi connectivity index (χ3n) is 4.62. The minimum Gasteiger partial charge on any atom is -0.481 e. The second-order valence-electron chi connectivity index (χ2n) is 6.49. The van der Waals surface area contributed by atoms with E-state index in [0.717, 1.165) is 32.1 Å². The smallest absolute Gasteiger partial charge is 0.303 e. The first-order valence-corrected chi connectivity index (χ1v) is 8.74. The van der Waals surface area contributed by atoms with E-state index >= 15 is 0 Å². The Morgan fingerprint density at radius 3 is 2.57 bits per heavy atom. The number of carboxylic acid groups (broad SMARTS) is 1. The number of carboxylic acids is 1. The van der Waals surface area contributed by atoms with Crippen LogP contribution in [-0.2, 0) is 9.59 Å². The molecule has 1 rings (SSSR count). The molecule has 1 aliphatic carbocycles. The summed E-state index contributed by atoms with van der Waals surface area (Å²) in [5.41, 5.74) is 0. The molecule has 1 saturated carbocycles. The van der Waals surface area contributed by atoms with E-state index < -0.39 is 18.2 Å². The van der Waals surface area contributed by atoms with Crippen molar-refractivity contribution in [3.63, 3.8) is 0 Å². The van der Waals surface area contributed by atoms with Crippen LogP contribution in [0.15, 0.2) is 12.2 Å². The highest BCUT2D eigenvalue weighted by molar-refractivity contribution is 5.85. The molecular formula is C18H30O5. The summed E-state index contributed by atoms with van der Waals surface area (Å²) in [6.45, 7) is 1.88. The Balaban J connectivity index is 2.33. The normalized spacial score (nSPS) is 26.0. The number of hydrogen-bond acceptors (Lipinski definition) is 4. The SMILES string of the molecule is CC[C@@H](O)/C=C/[C@@H]1C(=O)C[C@H](O)[C@@H]1CCCCCCCC(=O)O. The molecule has 0 amide bonds. The standard InChI is InChI=1S/C18H30O5/c1-2-13(19)10-11-15-14(16(20)12-17(15)21)8-6-4-3-5-7-9-18(22)23/h10-11,13-16,19-20H,2-9,12H2,1H3,(H,22,23)/b11-10+/t13-,14-,15+,16+/m1/s1. The number of aliphatic carboxylic acids is 1. The van der Waals surface area contributed by atoms with Crippen LogP contribution in [0.4, 0.5) is 0 Å². The topological polar surface area (TPSA) is 94.8 Å². The van der Waals surface area contributed by atoms with Gasteiger partial charge in [-0.25, -0.2) is 0 Å². The van der Waals surface area contributed by atoms with Crippen molar-refractivity contribution >= 4 is 11.8 Å². The quantitative estimate of drug-likeness (QED) is 0.401. The number of rotatable bonds is 11. The number of allylic oxidation sites excluding steroid dienone is 1. The van der Waals surface area contributed by atoms with Crippen LogP contribution in [0, 0.1) is 11.8 Å². The van der Waals surface area contributed by atoms with Crippen LogP contribution in [0.1, 0.15) is 64.7 Å². The van der Waals surface area contributed by atoms with E-state index in [1.54, 1.807) is 12.2 Å². The maximum absolute atomic E-state index is 12.0. The summed E-state index contributed by atoms with van der Waals surface area (Å²) in [4.78, 5) is 22.4. The number of aliphatic hydroxyl groups is 2. The monoisotopic (exact) mass is 326 g/mol. The summed E-state index contributed by atoms with van der Waals surface area (Å²) in [5, 5.41) is 28.2. The molecule has 0 aromatic heterocycles. The summed E-state index contributed by atoms with van der Waals surface area (Å²) >= 11 is 0. The van der Waals surface area contributed by atoms with Crippen LogP contribution >= 0.6 is 0 Å². The van der Waals surface area contributed by atoms with Crippen LogP contribution < -0.4 is 0 Å². The van der Waals surface area contributed by atoms with Gasteiger partial charge in [-0.05, 0) is 25.2 Å². The number of carbonyl (C=O) groups excluding carboxylic acids is 1. The minimum absolute atomic E-state index is 0.0539. The van der Waals surface area contributed by atoms with E-state index in [1.807, 2.05) is 6.92 Å². The van der Waals surface area contributed by atoms with E-state index in [-0.39, 0.29) is 30.5 Å². The van der Waals surface area contributed by atoms with E-state index in [9.17, 15) is 19.8 Å². The fourth-order valence-electron chi connectivity index (χ4n) is 3.16. The molecular weight excluding hydrogens is 296 g/mol. The average molecular weight is 326 g/mol. The zero-order valence-corrected chi connectivity index (χ0v) is 14.0. The number of Topliss-reactive ketones (excluding diaryl/α,β-unsaturated/α-hetero) is 1. The average Bonchev–Trinajstić information content (AvgIpc) is 2.77. The molecule has 0 aliphatic heterocycles. The van der Waals surface area contributed by atoms with Gasteiger partial charge in [-0.1, -0.05) is 44.8 Å². The number of unbranched alkanes of at least 4 members (excludes halogenated alkanes) is 4. The Labute approximate surface area is 138 Å². The van der Waals surface area contributed by atoms with Crippen LogP contribution in [0.5, 0.6) is 0 Å². The van der Waals surface area contributed by atoms with Crippen molar-refractivity contribution in [1.29, 1.82) is 0 Å². The molecule has 0 radical (unpaired) electrons. The summed E-state index contributed by atoms with van der Waals surface area (Å²) in [7, 11) is 0. The van der Waals surface area contributed by atoms with Crippen molar-refractivity contribution in [2.24, 2.45) is 11.8 Å². The Hall–Kier alpha value is -1.20. The van der Waals surface area contributed by atoms with Crippen molar-refractivity contribution in [3.8, 4) is 0 Å². The predicted octanol–water partition coefficient (Wildman–Crippen LogP) is 2.69. The second-order valence-corrected chi connectivity index (χ2v) is 6.49. The molecule has 0 aromatic rings. The summed E-state index contributed by atoms with van der Waals surface area (Å²) < 4.78 is 0. The molecule has 5 heteroatoms. The highest BCUT2D eigenvalue weighted by Gasteiger charge is 2.39. The van der Waals surface area contributed by atoms with Crippen molar-refractivity contribution in [1.82, 2.24) is 0 Å². The lowest BCUT2D eigenvalue weighted by atomic mass is 9.88. The maximum atomic E-state index is 12.0. The molecule has 0 heterocycles. The van der Waals surface area contributed by atoms with Gasteiger partial charge in [0.05, 0.1) is 12.2 Å². The molecule has 0 aromatic carbocycles. The molecule has 5 nitrogen and oxygen atoms in total. The van der Waals surface area contributed by atoms with Gasteiger partial charge in [0.25, 0.3) is 0 Å².